The van der Waals surface area contributed by atoms with E-state index in [9.17, 15) is 4.79 Å². The Morgan fingerprint density at radius 1 is 1.25 bits per heavy atom. The number of aromatic nitrogens is 2. The Hall–Kier alpha value is -0.270. The molecule has 1 aliphatic carbocycles. The number of carbonyl (C=O) groups excluding carboxylic acids is 1. The maximum atomic E-state index is 12.2. The molecule has 0 bridgehead atoms. The zero-order valence-electron chi connectivity index (χ0n) is 11.9. The molecule has 0 radical (unpaired) electrons. The van der Waals surface area contributed by atoms with Crippen molar-refractivity contribution in [2.45, 2.75) is 65.4 Å². The van der Waals surface area contributed by atoms with Gasteiger partial charge in [-0.3, -0.25) is 4.79 Å². The van der Waals surface area contributed by atoms with E-state index in [-0.39, 0.29) is 11.2 Å². The SMILES string of the molecule is CSc1nnc(S[C@@H](C)C(=O)NC2CCCCCC2)s1. The minimum absolute atomic E-state index is 0.110. The summed E-state index contributed by atoms with van der Waals surface area (Å²) < 4.78 is 1.82. The van der Waals surface area contributed by atoms with Gasteiger partial charge in [0, 0.05) is 6.04 Å². The van der Waals surface area contributed by atoms with Gasteiger partial charge in [-0.1, -0.05) is 60.5 Å². The first-order valence-electron chi connectivity index (χ1n) is 7.03. The third-order valence-electron chi connectivity index (χ3n) is 3.41. The summed E-state index contributed by atoms with van der Waals surface area (Å²) in [6, 6.07) is 0.365. The first kappa shape index (κ1) is 16.1. The van der Waals surface area contributed by atoms with E-state index in [0.29, 0.717) is 6.04 Å². The molecule has 1 fully saturated rings. The molecule has 4 nitrogen and oxygen atoms in total. The number of thioether (sulfide) groups is 2. The monoisotopic (exact) mass is 331 g/mol. The third kappa shape index (κ3) is 4.93. The molecule has 20 heavy (non-hydrogen) atoms. The van der Waals surface area contributed by atoms with Crippen molar-refractivity contribution in [1.82, 2.24) is 15.5 Å². The molecule has 1 atom stereocenters. The van der Waals surface area contributed by atoms with Crippen molar-refractivity contribution in [3.63, 3.8) is 0 Å². The van der Waals surface area contributed by atoms with Crippen LogP contribution in [0.3, 0.4) is 0 Å². The van der Waals surface area contributed by atoms with Crippen LogP contribution in [0.2, 0.25) is 0 Å². The largest absolute Gasteiger partial charge is 0.352 e. The molecule has 1 aliphatic rings. The standard InChI is InChI=1S/C13H21N3OS3/c1-9(19-13-16-15-12(18-2)20-13)11(17)14-10-7-5-3-4-6-8-10/h9-10H,3-8H2,1-2H3,(H,14,17)/t9-/m0/s1. The van der Waals surface area contributed by atoms with E-state index in [0.717, 1.165) is 21.5 Å². The molecule has 0 saturated heterocycles. The summed E-state index contributed by atoms with van der Waals surface area (Å²) in [5.74, 6) is 0.128. The van der Waals surface area contributed by atoms with Crippen LogP contribution in [0, 0.1) is 0 Å². The Morgan fingerprint density at radius 2 is 1.90 bits per heavy atom. The van der Waals surface area contributed by atoms with Gasteiger partial charge < -0.3 is 5.32 Å². The van der Waals surface area contributed by atoms with E-state index >= 15 is 0 Å². The summed E-state index contributed by atoms with van der Waals surface area (Å²) in [6.45, 7) is 1.94. The van der Waals surface area contributed by atoms with Crippen molar-refractivity contribution < 1.29 is 4.79 Å². The molecule has 7 heteroatoms. The van der Waals surface area contributed by atoms with E-state index < -0.39 is 0 Å². The van der Waals surface area contributed by atoms with Crippen molar-refractivity contribution in [3.8, 4) is 0 Å². The van der Waals surface area contributed by atoms with Crippen LogP contribution in [0.1, 0.15) is 45.4 Å². The van der Waals surface area contributed by atoms with Crippen LogP contribution in [-0.2, 0) is 4.79 Å². The van der Waals surface area contributed by atoms with Crippen molar-refractivity contribution in [3.05, 3.63) is 0 Å². The molecule has 1 N–H and O–H groups in total. The van der Waals surface area contributed by atoms with Crippen LogP contribution < -0.4 is 5.32 Å². The Balaban J connectivity index is 1.81. The molecule has 0 aliphatic heterocycles. The van der Waals surface area contributed by atoms with Gasteiger partial charge in [0.1, 0.15) is 0 Å². The molecule has 1 heterocycles. The lowest BCUT2D eigenvalue weighted by Crippen LogP contribution is -2.39. The first-order chi connectivity index (χ1) is 9.69. The lowest BCUT2D eigenvalue weighted by atomic mass is 10.1. The van der Waals surface area contributed by atoms with Crippen LogP contribution >= 0.6 is 34.9 Å². The Kier molecular flexibility index (Phi) is 6.64. The predicted molar refractivity (Wildman–Crippen MR) is 86.6 cm³/mol. The number of nitrogens with zero attached hydrogens (tertiary/aromatic N) is 2. The highest BCUT2D eigenvalue weighted by Gasteiger charge is 2.21. The molecule has 112 valence electrons. The molecule has 1 saturated carbocycles. The average Bonchev–Trinajstić information content (AvgIpc) is 2.74. The summed E-state index contributed by atoms with van der Waals surface area (Å²) in [6.07, 6.45) is 9.31. The average molecular weight is 332 g/mol. The molecule has 0 unspecified atom stereocenters. The second-order valence-corrected chi connectivity index (χ2v) is 8.61. The van der Waals surface area contributed by atoms with E-state index in [4.69, 9.17) is 0 Å². The van der Waals surface area contributed by atoms with E-state index in [1.54, 1.807) is 23.1 Å². The Bertz CT molecular complexity index is 430. The van der Waals surface area contributed by atoms with E-state index in [2.05, 4.69) is 15.5 Å². The lowest BCUT2D eigenvalue weighted by molar-refractivity contribution is -0.121. The second kappa shape index (κ2) is 8.24. The van der Waals surface area contributed by atoms with Crippen molar-refractivity contribution in [2.24, 2.45) is 0 Å². The van der Waals surface area contributed by atoms with Crippen LogP contribution in [0.4, 0.5) is 0 Å². The van der Waals surface area contributed by atoms with Gasteiger partial charge in [0.15, 0.2) is 8.68 Å². The topological polar surface area (TPSA) is 54.9 Å². The molecule has 0 aromatic carbocycles. The third-order valence-corrected chi connectivity index (χ3v) is 6.49. The van der Waals surface area contributed by atoms with E-state index in [1.807, 2.05) is 13.2 Å². The summed E-state index contributed by atoms with van der Waals surface area (Å²) in [5, 5.41) is 11.2. The number of amides is 1. The fourth-order valence-electron chi connectivity index (χ4n) is 2.27. The van der Waals surface area contributed by atoms with Crippen molar-refractivity contribution in [2.75, 3.05) is 6.26 Å². The summed E-state index contributed by atoms with van der Waals surface area (Å²) in [7, 11) is 0. The maximum absolute atomic E-state index is 12.2. The zero-order chi connectivity index (χ0) is 14.4. The lowest BCUT2D eigenvalue weighted by Gasteiger charge is -2.18. The van der Waals surface area contributed by atoms with Gasteiger partial charge in [0.05, 0.1) is 5.25 Å². The summed E-state index contributed by atoms with van der Waals surface area (Å²) in [5.41, 5.74) is 0. The normalized spacial score (nSPS) is 18.5. The number of nitrogens with one attached hydrogen (secondary N) is 1. The Morgan fingerprint density at radius 3 is 2.50 bits per heavy atom. The molecule has 0 spiro atoms. The quantitative estimate of drug-likeness (QED) is 0.660. The highest BCUT2D eigenvalue weighted by Crippen LogP contribution is 2.30. The van der Waals surface area contributed by atoms with Crippen LogP contribution in [-0.4, -0.2) is 33.7 Å². The summed E-state index contributed by atoms with van der Waals surface area (Å²) in [4.78, 5) is 12.2. The van der Waals surface area contributed by atoms with Crippen molar-refractivity contribution >= 4 is 40.8 Å². The van der Waals surface area contributed by atoms with Gasteiger partial charge in [-0.05, 0) is 26.0 Å². The summed E-state index contributed by atoms with van der Waals surface area (Å²) >= 11 is 4.64. The molecule has 1 aromatic heterocycles. The molecule has 1 aromatic rings. The first-order valence-corrected chi connectivity index (χ1v) is 9.95. The number of hydrogen-bond donors (Lipinski definition) is 1. The zero-order valence-corrected chi connectivity index (χ0v) is 14.4. The second-order valence-electron chi connectivity index (χ2n) is 5.00. The van der Waals surface area contributed by atoms with Crippen LogP contribution in [0.5, 0.6) is 0 Å². The highest BCUT2D eigenvalue weighted by molar-refractivity contribution is 8.03. The van der Waals surface area contributed by atoms with Gasteiger partial charge in [-0.15, -0.1) is 10.2 Å². The van der Waals surface area contributed by atoms with Gasteiger partial charge in [-0.25, -0.2) is 0 Å². The fourth-order valence-corrected chi connectivity index (χ4v) is 4.87. The van der Waals surface area contributed by atoms with Gasteiger partial charge in [0.25, 0.3) is 0 Å². The Labute approximate surface area is 132 Å². The van der Waals surface area contributed by atoms with Crippen LogP contribution in [0.15, 0.2) is 8.68 Å². The van der Waals surface area contributed by atoms with Gasteiger partial charge >= 0.3 is 0 Å². The maximum Gasteiger partial charge on any atom is 0.233 e. The van der Waals surface area contributed by atoms with Gasteiger partial charge in [0.2, 0.25) is 5.91 Å². The predicted octanol–water partition coefficient (Wildman–Crippen LogP) is 3.58. The van der Waals surface area contributed by atoms with Gasteiger partial charge in [-0.2, -0.15) is 0 Å². The number of carbonyl (C=O) groups is 1. The smallest absolute Gasteiger partial charge is 0.233 e. The highest BCUT2D eigenvalue weighted by atomic mass is 32.2. The minimum atomic E-state index is -0.110. The van der Waals surface area contributed by atoms with Crippen LogP contribution in [0.25, 0.3) is 0 Å². The number of rotatable bonds is 5. The molecular formula is C13H21N3OS3. The molecule has 1 amide bonds. The number of hydrogen-bond acceptors (Lipinski definition) is 6. The van der Waals surface area contributed by atoms with Crippen molar-refractivity contribution in [1.29, 1.82) is 0 Å². The van der Waals surface area contributed by atoms with E-state index in [1.165, 1.54) is 37.4 Å². The molecular weight excluding hydrogens is 310 g/mol. The molecule has 2 rings (SSSR count). The minimum Gasteiger partial charge on any atom is -0.352 e. The fraction of sp³-hybridized carbons (Fsp3) is 0.769.